The van der Waals surface area contributed by atoms with Crippen molar-refractivity contribution in [2.75, 3.05) is 39.6 Å². The molecule has 0 radical (unpaired) electrons. The fourth-order valence-electron chi connectivity index (χ4n) is 9.30. The lowest BCUT2D eigenvalue weighted by atomic mass is 10.1. The number of hydrogen-bond donors (Lipinski definition) is 3. The maximum Gasteiger partial charge on any atom is 0.472 e. The highest BCUT2D eigenvalue weighted by Gasteiger charge is 2.30. The first-order chi connectivity index (χ1) is 50.7. The Balaban J connectivity index is 5.56. The molecule has 3 N–H and O–H groups in total. The number of esters is 4. The maximum atomic E-state index is 13.1. The summed E-state index contributed by atoms with van der Waals surface area (Å²) in [6.07, 6.45) is 91.8. The quantitative estimate of drug-likeness (QED) is 0.0169. The van der Waals surface area contributed by atoms with E-state index in [1.165, 1.54) is 38.5 Å². The second-order valence-electron chi connectivity index (χ2n) is 24.8. The largest absolute Gasteiger partial charge is 0.472 e. The second kappa shape index (κ2) is 75.1. The fourth-order valence-corrected chi connectivity index (χ4v) is 10.9. The van der Waals surface area contributed by atoms with E-state index in [2.05, 4.69) is 174 Å². The van der Waals surface area contributed by atoms with Crippen LogP contribution < -0.4 is 0 Å². The SMILES string of the molecule is CC/C=C\C/C=C\C/C=C\C/C=C\C/C=C\CCCC(=O)OCC(COP(=O)(O)OCC(O)COP(=O)(O)OCC(COC(=O)C/C=C\C/C=C\C/C=C\C/C=C\C/C=C\CC)OC(=O)CCCCCCC/C=C\CCCCCCCC)OC(=O)CCC/C=C\C/C=C\C/C=C\C/C=C\C/C=C\CC. The standard InChI is InChI=1S/C85H134O17P2/c1-5-9-13-17-21-25-29-33-37-39-43-46-50-54-58-62-66-70-83(88)96-76-81(102-85(90)72-68-64-60-56-52-48-44-40-38-34-30-26-22-18-14-10-6-2)78-100-104(93,94)98-74-79(86)73-97-103(91,92)99-77-80(101-84(89)71-67-63-59-55-51-47-42-36-32-28-24-20-16-12-8-4)75-95-82(87)69-65-61-57-53-49-45-41-35-31-27-23-19-15-11-7-3/h9-11,13-15,21-23,25-27,33-38,41-44,46,48-49,53-54,56,58,60-61,65,79-81,86H,5-8,12,16-20,24,28-32,39-40,45,47,50-52,55,57,59,62-64,66-78H2,1-4H3,(H,91,92)(H,93,94)/b13-9-,14-10-,15-11-,25-21-,26-22-,27-23-,37-33-,38-34-,41-35-,42-36-,46-43-,48-44-,53-49-,58-54-,60-56-,65-61-. The molecule has 0 spiro atoms. The van der Waals surface area contributed by atoms with Gasteiger partial charge >= 0.3 is 39.5 Å². The zero-order chi connectivity index (χ0) is 76.0. The van der Waals surface area contributed by atoms with Gasteiger partial charge in [0.2, 0.25) is 0 Å². The highest BCUT2D eigenvalue weighted by atomic mass is 31.2. The van der Waals surface area contributed by atoms with E-state index in [-0.39, 0.29) is 25.7 Å². The first kappa shape index (κ1) is 97.9. The lowest BCUT2D eigenvalue weighted by molar-refractivity contribution is -0.161. The number of phosphoric acid groups is 2. The van der Waals surface area contributed by atoms with Crippen molar-refractivity contribution >= 4 is 39.5 Å². The van der Waals surface area contributed by atoms with Crippen molar-refractivity contribution in [3.8, 4) is 0 Å². The molecule has 0 amide bonds. The number of aliphatic hydroxyl groups is 1. The van der Waals surface area contributed by atoms with Crippen molar-refractivity contribution in [2.24, 2.45) is 0 Å². The summed E-state index contributed by atoms with van der Waals surface area (Å²) in [5.74, 6) is -2.49. The molecule has 0 aliphatic carbocycles. The predicted octanol–water partition coefficient (Wildman–Crippen LogP) is 22.5. The van der Waals surface area contributed by atoms with E-state index in [4.69, 9.17) is 37.0 Å². The summed E-state index contributed by atoms with van der Waals surface area (Å²) in [7, 11) is -10.0. The van der Waals surface area contributed by atoms with Crippen molar-refractivity contribution in [3.63, 3.8) is 0 Å². The minimum absolute atomic E-state index is 0.00620. The molecule has 0 aliphatic heterocycles. The zero-order valence-electron chi connectivity index (χ0n) is 63.9. The number of ether oxygens (including phenoxy) is 4. The van der Waals surface area contributed by atoms with Gasteiger partial charge in [0, 0.05) is 19.3 Å². The molecule has 19 heteroatoms. The Morgan fingerprint density at radius 3 is 0.904 bits per heavy atom. The summed E-state index contributed by atoms with van der Waals surface area (Å²) in [6.45, 7) is 4.23. The molecule has 0 saturated heterocycles. The van der Waals surface area contributed by atoms with Crippen molar-refractivity contribution < 1.29 is 80.2 Å². The van der Waals surface area contributed by atoms with Gasteiger partial charge in [-0.2, -0.15) is 0 Å². The van der Waals surface area contributed by atoms with E-state index in [0.29, 0.717) is 38.5 Å². The molecule has 0 aromatic heterocycles. The molecule has 0 fully saturated rings. The summed E-state index contributed by atoms with van der Waals surface area (Å²) < 4.78 is 68.3. The summed E-state index contributed by atoms with van der Waals surface area (Å²) in [4.78, 5) is 72.9. The number of aliphatic hydroxyl groups excluding tert-OH is 1. The summed E-state index contributed by atoms with van der Waals surface area (Å²) in [6, 6.07) is 0. The Hall–Kier alpha value is -6.10. The Labute approximate surface area is 627 Å². The molecule has 0 rings (SSSR count). The lowest BCUT2D eigenvalue weighted by Gasteiger charge is -2.21. The number of carbonyl (C=O) groups excluding carboxylic acids is 4. The van der Waals surface area contributed by atoms with Gasteiger partial charge in [-0.3, -0.25) is 37.3 Å². The Bertz CT molecular complexity index is 2740. The van der Waals surface area contributed by atoms with E-state index >= 15 is 0 Å². The minimum Gasteiger partial charge on any atom is -0.462 e. The van der Waals surface area contributed by atoms with Crippen LogP contribution in [0.4, 0.5) is 0 Å². The van der Waals surface area contributed by atoms with Crippen LogP contribution in [0.1, 0.15) is 259 Å². The van der Waals surface area contributed by atoms with Crippen molar-refractivity contribution in [1.82, 2.24) is 0 Å². The zero-order valence-corrected chi connectivity index (χ0v) is 65.6. The van der Waals surface area contributed by atoms with E-state index in [0.717, 1.165) is 128 Å². The van der Waals surface area contributed by atoms with Crippen LogP contribution in [0.25, 0.3) is 0 Å². The van der Waals surface area contributed by atoms with Gasteiger partial charge in [0.25, 0.3) is 0 Å². The molecule has 5 atom stereocenters. The molecule has 17 nitrogen and oxygen atoms in total. The van der Waals surface area contributed by atoms with Crippen molar-refractivity contribution in [1.29, 1.82) is 0 Å². The highest BCUT2D eigenvalue weighted by molar-refractivity contribution is 7.47. The van der Waals surface area contributed by atoms with Gasteiger partial charge in [0.15, 0.2) is 12.2 Å². The number of unbranched alkanes of at least 4 members (excludes halogenated alkanes) is 13. The van der Waals surface area contributed by atoms with Gasteiger partial charge in [-0.05, 0) is 154 Å². The monoisotopic (exact) mass is 1490 g/mol. The molecular formula is C85H134O17P2. The fraction of sp³-hybridized carbons (Fsp3) is 0.576. The van der Waals surface area contributed by atoms with Crippen LogP contribution in [0.3, 0.4) is 0 Å². The topological polar surface area (TPSA) is 237 Å². The van der Waals surface area contributed by atoms with Gasteiger partial charge in [0.1, 0.15) is 19.3 Å². The van der Waals surface area contributed by atoms with E-state index in [1.807, 2.05) is 42.5 Å². The second-order valence-corrected chi connectivity index (χ2v) is 27.7. The van der Waals surface area contributed by atoms with Gasteiger partial charge in [-0.1, -0.05) is 273 Å². The summed E-state index contributed by atoms with van der Waals surface area (Å²) >= 11 is 0. The molecule has 0 aromatic carbocycles. The van der Waals surface area contributed by atoms with E-state index < -0.39 is 97.5 Å². The smallest absolute Gasteiger partial charge is 0.462 e. The Kier molecular flexibility index (Phi) is 70.7. The highest BCUT2D eigenvalue weighted by Crippen LogP contribution is 2.45. The Morgan fingerprint density at radius 1 is 0.288 bits per heavy atom. The van der Waals surface area contributed by atoms with Crippen molar-refractivity contribution in [2.45, 2.75) is 277 Å². The molecule has 5 unspecified atom stereocenters. The number of carbonyl (C=O) groups is 4. The van der Waals surface area contributed by atoms with E-state index in [1.54, 1.807) is 6.08 Å². The first-order valence-electron chi connectivity index (χ1n) is 38.7. The van der Waals surface area contributed by atoms with Gasteiger partial charge in [-0.15, -0.1) is 0 Å². The van der Waals surface area contributed by atoms with Gasteiger partial charge in [0.05, 0.1) is 32.8 Å². The molecule has 104 heavy (non-hydrogen) atoms. The third-order valence-corrected chi connectivity index (χ3v) is 17.0. The van der Waals surface area contributed by atoms with Crippen LogP contribution in [0, 0.1) is 0 Å². The average molecular weight is 1490 g/mol. The van der Waals surface area contributed by atoms with E-state index in [9.17, 15) is 43.2 Å². The lowest BCUT2D eigenvalue weighted by Crippen LogP contribution is -2.30. The molecule has 0 aliphatic rings. The number of phosphoric ester groups is 2. The third kappa shape index (κ3) is 74.2. The van der Waals surface area contributed by atoms with Crippen LogP contribution >= 0.6 is 15.6 Å². The normalized spacial score (nSPS) is 15.0. The van der Waals surface area contributed by atoms with Gasteiger partial charge in [-0.25, -0.2) is 9.13 Å². The first-order valence-corrected chi connectivity index (χ1v) is 41.7. The number of hydrogen-bond acceptors (Lipinski definition) is 15. The number of allylic oxidation sites excluding steroid dienone is 31. The molecule has 0 bridgehead atoms. The van der Waals surface area contributed by atoms with Crippen molar-refractivity contribution in [3.05, 3.63) is 194 Å². The molecule has 586 valence electrons. The molecule has 0 saturated carbocycles. The summed E-state index contributed by atoms with van der Waals surface area (Å²) in [5.41, 5.74) is 0. The predicted molar refractivity (Wildman–Crippen MR) is 426 cm³/mol. The van der Waals surface area contributed by atoms with Crippen LogP contribution in [-0.2, 0) is 65.4 Å². The van der Waals surface area contributed by atoms with Gasteiger partial charge < -0.3 is 33.8 Å². The van der Waals surface area contributed by atoms with Crippen LogP contribution in [0.15, 0.2) is 194 Å². The average Bonchev–Trinajstić information content (AvgIpc) is 0.926. The summed E-state index contributed by atoms with van der Waals surface area (Å²) in [5, 5.41) is 10.6. The minimum atomic E-state index is -5.02. The van der Waals surface area contributed by atoms with Crippen LogP contribution in [0.2, 0.25) is 0 Å². The number of rotatable bonds is 70. The molecular weight excluding hydrogens is 1350 g/mol. The van der Waals surface area contributed by atoms with Crippen LogP contribution in [-0.4, -0.2) is 96.7 Å². The maximum absolute atomic E-state index is 13.1. The Morgan fingerprint density at radius 2 is 0.548 bits per heavy atom. The molecule has 0 heterocycles. The van der Waals surface area contributed by atoms with Crippen LogP contribution in [0.5, 0.6) is 0 Å². The third-order valence-electron chi connectivity index (χ3n) is 15.1. The molecule has 0 aromatic rings.